The van der Waals surface area contributed by atoms with Crippen LogP contribution in [0.5, 0.6) is 0 Å². The summed E-state index contributed by atoms with van der Waals surface area (Å²) in [5, 5.41) is 0.454. The van der Waals surface area contributed by atoms with E-state index in [-0.39, 0.29) is 12.2 Å². The van der Waals surface area contributed by atoms with Crippen molar-refractivity contribution in [2.45, 2.75) is 26.8 Å². The lowest BCUT2D eigenvalue weighted by Crippen LogP contribution is -2.40. The molecule has 8 heteroatoms. The van der Waals surface area contributed by atoms with Crippen LogP contribution in [-0.4, -0.2) is 17.1 Å². The smallest absolute Gasteiger partial charge is 0.338 e. The molecule has 1 aliphatic heterocycles. The molecule has 3 aromatic rings. The minimum atomic E-state index is -0.727. The van der Waals surface area contributed by atoms with Gasteiger partial charge in [-0.3, -0.25) is 9.36 Å². The molecule has 0 N–H and O–H groups in total. The second-order valence-corrected chi connectivity index (χ2v) is 8.19. The molecular weight excluding hydrogens is 424 g/mol. The number of benzene rings is 1. The van der Waals surface area contributed by atoms with Gasteiger partial charge in [-0.1, -0.05) is 41.1 Å². The van der Waals surface area contributed by atoms with Gasteiger partial charge in [0.25, 0.3) is 5.56 Å². The lowest BCUT2D eigenvalue weighted by atomic mass is 9.96. The van der Waals surface area contributed by atoms with Gasteiger partial charge in [0.15, 0.2) is 4.80 Å². The maximum Gasteiger partial charge on any atom is 0.338 e. The van der Waals surface area contributed by atoms with Gasteiger partial charge in [-0.15, -0.1) is 0 Å². The van der Waals surface area contributed by atoms with E-state index in [1.807, 2.05) is 19.1 Å². The zero-order valence-electron chi connectivity index (χ0n) is 16.6. The zero-order chi connectivity index (χ0) is 21.4. The van der Waals surface area contributed by atoms with Gasteiger partial charge in [-0.2, -0.15) is 0 Å². The number of fused-ring (bicyclic) bond motifs is 1. The number of nitrogens with zero attached hydrogens (tertiary/aromatic N) is 2. The SMILES string of the molecule is CCOC(=O)C1=C(C)N=c2s/c(=C/c3ccc(C)o3)c(=O)n2C1c1ccccc1Cl. The van der Waals surface area contributed by atoms with Crippen molar-refractivity contribution in [3.05, 3.63) is 89.5 Å². The molecule has 3 heterocycles. The molecule has 0 aliphatic carbocycles. The van der Waals surface area contributed by atoms with E-state index in [9.17, 15) is 9.59 Å². The largest absolute Gasteiger partial charge is 0.463 e. The summed E-state index contributed by atoms with van der Waals surface area (Å²) < 4.78 is 12.8. The van der Waals surface area contributed by atoms with Crippen molar-refractivity contribution < 1.29 is 13.9 Å². The number of aryl methyl sites for hydroxylation is 1. The Kier molecular flexibility index (Phi) is 5.49. The van der Waals surface area contributed by atoms with Crippen LogP contribution >= 0.6 is 22.9 Å². The quantitative estimate of drug-likeness (QED) is 0.581. The topological polar surface area (TPSA) is 73.8 Å². The average molecular weight is 443 g/mol. The average Bonchev–Trinajstić information content (AvgIpc) is 3.24. The number of hydrogen-bond acceptors (Lipinski definition) is 6. The van der Waals surface area contributed by atoms with Crippen molar-refractivity contribution in [2.24, 2.45) is 4.99 Å². The van der Waals surface area contributed by atoms with Crippen molar-refractivity contribution >= 4 is 35.0 Å². The van der Waals surface area contributed by atoms with E-state index in [1.165, 1.54) is 15.9 Å². The lowest BCUT2D eigenvalue weighted by molar-refractivity contribution is -0.139. The van der Waals surface area contributed by atoms with Crippen LogP contribution in [0, 0.1) is 6.92 Å². The standard InChI is InChI=1S/C22H19ClN2O4S/c1-4-28-21(27)18-13(3)24-22-25(19(18)15-7-5-6-8-16(15)23)20(26)17(30-22)11-14-10-9-12(2)29-14/h5-11,19H,4H2,1-3H3/b17-11+. The third-order valence-electron chi connectivity index (χ3n) is 4.75. The molecule has 6 nitrogen and oxygen atoms in total. The Morgan fingerprint density at radius 1 is 1.30 bits per heavy atom. The highest BCUT2D eigenvalue weighted by atomic mass is 35.5. The van der Waals surface area contributed by atoms with Gasteiger partial charge >= 0.3 is 5.97 Å². The van der Waals surface area contributed by atoms with Crippen LogP contribution in [0.3, 0.4) is 0 Å². The number of allylic oxidation sites excluding steroid dienone is 1. The Morgan fingerprint density at radius 3 is 2.73 bits per heavy atom. The summed E-state index contributed by atoms with van der Waals surface area (Å²) in [6.07, 6.45) is 1.68. The van der Waals surface area contributed by atoms with E-state index >= 15 is 0 Å². The number of esters is 1. The molecule has 154 valence electrons. The monoisotopic (exact) mass is 442 g/mol. The normalized spacial score (nSPS) is 16.4. The van der Waals surface area contributed by atoms with Crippen LogP contribution < -0.4 is 14.9 Å². The molecule has 0 spiro atoms. The third kappa shape index (κ3) is 3.55. The highest BCUT2D eigenvalue weighted by Crippen LogP contribution is 2.34. The fourth-order valence-electron chi connectivity index (χ4n) is 3.44. The molecule has 2 aromatic heterocycles. The summed E-state index contributed by atoms with van der Waals surface area (Å²) in [4.78, 5) is 31.2. The van der Waals surface area contributed by atoms with Crippen molar-refractivity contribution in [2.75, 3.05) is 6.61 Å². The first kappa shape index (κ1) is 20.4. The summed E-state index contributed by atoms with van der Waals surface area (Å²) in [6, 6.07) is 10.1. The molecular formula is C22H19ClN2O4S. The second kappa shape index (κ2) is 8.08. The van der Waals surface area contributed by atoms with Crippen molar-refractivity contribution in [3.8, 4) is 0 Å². The maximum atomic E-state index is 13.4. The first-order valence-corrected chi connectivity index (χ1v) is 10.6. The van der Waals surface area contributed by atoms with Gasteiger partial charge < -0.3 is 9.15 Å². The van der Waals surface area contributed by atoms with E-state index in [0.717, 1.165) is 5.76 Å². The fourth-order valence-corrected chi connectivity index (χ4v) is 4.71. The van der Waals surface area contributed by atoms with Crippen molar-refractivity contribution in [3.63, 3.8) is 0 Å². The molecule has 1 unspecified atom stereocenters. The molecule has 1 atom stereocenters. The molecule has 1 aromatic carbocycles. The van der Waals surface area contributed by atoms with Crippen LogP contribution in [0.1, 0.15) is 37.0 Å². The molecule has 0 fully saturated rings. The van der Waals surface area contributed by atoms with E-state index in [4.69, 9.17) is 20.8 Å². The summed E-state index contributed by atoms with van der Waals surface area (Å²) >= 11 is 7.71. The Labute approximate surface area is 181 Å². The highest BCUT2D eigenvalue weighted by molar-refractivity contribution is 7.07. The summed E-state index contributed by atoms with van der Waals surface area (Å²) in [7, 11) is 0. The first-order valence-electron chi connectivity index (χ1n) is 9.41. The van der Waals surface area contributed by atoms with E-state index in [1.54, 1.807) is 44.2 Å². The predicted octanol–water partition coefficient (Wildman–Crippen LogP) is 3.35. The molecule has 4 rings (SSSR count). The minimum absolute atomic E-state index is 0.215. The second-order valence-electron chi connectivity index (χ2n) is 6.77. The Hall–Kier alpha value is -2.90. The molecule has 1 aliphatic rings. The van der Waals surface area contributed by atoms with Crippen LogP contribution in [-0.2, 0) is 9.53 Å². The molecule has 0 radical (unpaired) electrons. The van der Waals surface area contributed by atoms with Gasteiger partial charge in [0.1, 0.15) is 17.6 Å². The van der Waals surface area contributed by atoms with Gasteiger partial charge in [-0.05, 0) is 44.5 Å². The lowest BCUT2D eigenvalue weighted by Gasteiger charge is -2.25. The minimum Gasteiger partial charge on any atom is -0.463 e. The van der Waals surface area contributed by atoms with Crippen LogP contribution in [0.4, 0.5) is 0 Å². The Bertz CT molecular complexity index is 1350. The number of rotatable bonds is 4. The van der Waals surface area contributed by atoms with E-state index in [2.05, 4.69) is 4.99 Å². The number of furan rings is 1. The van der Waals surface area contributed by atoms with Crippen molar-refractivity contribution in [1.29, 1.82) is 0 Å². The molecule has 0 bridgehead atoms. The Balaban J connectivity index is 1.99. The number of carbonyl (C=O) groups is 1. The van der Waals surface area contributed by atoms with Gasteiger partial charge in [0.2, 0.25) is 0 Å². The molecule has 30 heavy (non-hydrogen) atoms. The number of ether oxygens (including phenoxy) is 1. The summed E-state index contributed by atoms with van der Waals surface area (Å²) in [6.45, 7) is 5.53. The fraction of sp³-hybridized carbons (Fsp3) is 0.227. The van der Waals surface area contributed by atoms with Crippen LogP contribution in [0.2, 0.25) is 5.02 Å². The first-order chi connectivity index (χ1) is 14.4. The number of thiazole rings is 1. The van der Waals surface area contributed by atoms with E-state index in [0.29, 0.717) is 37.0 Å². The van der Waals surface area contributed by atoms with Crippen molar-refractivity contribution in [1.82, 2.24) is 4.57 Å². The summed E-state index contributed by atoms with van der Waals surface area (Å²) in [5.41, 5.74) is 1.17. The van der Waals surface area contributed by atoms with Gasteiger partial charge in [0.05, 0.1) is 22.4 Å². The number of halogens is 1. The van der Waals surface area contributed by atoms with E-state index < -0.39 is 12.0 Å². The molecule has 0 saturated heterocycles. The number of hydrogen-bond donors (Lipinski definition) is 0. The zero-order valence-corrected chi connectivity index (χ0v) is 18.2. The van der Waals surface area contributed by atoms with Crippen LogP contribution in [0.15, 0.2) is 61.9 Å². The van der Waals surface area contributed by atoms with Crippen LogP contribution in [0.25, 0.3) is 6.08 Å². The Morgan fingerprint density at radius 2 is 2.07 bits per heavy atom. The van der Waals surface area contributed by atoms with Gasteiger partial charge in [-0.25, -0.2) is 9.79 Å². The molecule has 0 amide bonds. The predicted molar refractivity (Wildman–Crippen MR) is 115 cm³/mol. The number of aromatic nitrogens is 1. The number of carbonyl (C=O) groups excluding carboxylic acids is 1. The maximum absolute atomic E-state index is 13.4. The molecule has 0 saturated carbocycles. The van der Waals surface area contributed by atoms with Gasteiger partial charge in [0, 0.05) is 11.1 Å². The highest BCUT2D eigenvalue weighted by Gasteiger charge is 2.34. The summed E-state index contributed by atoms with van der Waals surface area (Å²) in [5.74, 6) is 0.816. The third-order valence-corrected chi connectivity index (χ3v) is 6.08.